The van der Waals surface area contributed by atoms with E-state index in [2.05, 4.69) is 15.5 Å². The molecule has 1 aromatic heterocycles. The fraction of sp³-hybridized carbons (Fsp3) is 0.385. The van der Waals surface area contributed by atoms with Crippen molar-refractivity contribution in [1.29, 1.82) is 0 Å². The molecule has 3 rings (SSSR count). The predicted molar refractivity (Wildman–Crippen MR) is 74.5 cm³/mol. The van der Waals surface area contributed by atoms with E-state index in [-0.39, 0.29) is 0 Å². The lowest BCUT2D eigenvalue weighted by atomic mass is 10.2. The second kappa shape index (κ2) is 5.49. The SMILES string of the molecule is Clc1ccc(-c2nnc(CCNC3CC3)o2)cc1Cl. The van der Waals surface area contributed by atoms with Crippen LogP contribution in [0.25, 0.3) is 11.5 Å². The van der Waals surface area contributed by atoms with Gasteiger partial charge in [0.25, 0.3) is 0 Å². The van der Waals surface area contributed by atoms with Crippen molar-refractivity contribution in [3.63, 3.8) is 0 Å². The molecule has 0 amide bonds. The van der Waals surface area contributed by atoms with Gasteiger partial charge in [0.05, 0.1) is 10.0 Å². The summed E-state index contributed by atoms with van der Waals surface area (Å²) >= 11 is 11.8. The highest BCUT2D eigenvalue weighted by Crippen LogP contribution is 2.27. The summed E-state index contributed by atoms with van der Waals surface area (Å²) in [5.74, 6) is 1.11. The molecule has 0 radical (unpaired) electrons. The van der Waals surface area contributed by atoms with Crippen molar-refractivity contribution in [2.75, 3.05) is 6.54 Å². The number of hydrogen-bond acceptors (Lipinski definition) is 4. The van der Waals surface area contributed by atoms with Crippen LogP contribution >= 0.6 is 23.2 Å². The van der Waals surface area contributed by atoms with Crippen LogP contribution < -0.4 is 5.32 Å². The average molecular weight is 298 g/mol. The molecule has 1 N–H and O–H groups in total. The van der Waals surface area contributed by atoms with Gasteiger partial charge in [0.1, 0.15) is 0 Å². The molecule has 4 nitrogen and oxygen atoms in total. The predicted octanol–water partition coefficient (Wildman–Crippen LogP) is 3.34. The first kappa shape index (κ1) is 12.9. The molecule has 1 fully saturated rings. The van der Waals surface area contributed by atoms with E-state index in [1.807, 2.05) is 6.07 Å². The Kier molecular flexibility index (Phi) is 3.73. The number of aromatic nitrogens is 2. The van der Waals surface area contributed by atoms with E-state index in [0.717, 1.165) is 18.5 Å². The fourth-order valence-electron chi connectivity index (χ4n) is 1.77. The maximum atomic E-state index is 5.96. The molecule has 2 aromatic rings. The molecule has 6 heteroatoms. The van der Waals surface area contributed by atoms with Crippen LogP contribution in [0.4, 0.5) is 0 Å². The van der Waals surface area contributed by atoms with Gasteiger partial charge in [-0.2, -0.15) is 0 Å². The van der Waals surface area contributed by atoms with Crippen LogP contribution in [0.15, 0.2) is 22.6 Å². The molecular formula is C13H13Cl2N3O. The van der Waals surface area contributed by atoms with E-state index < -0.39 is 0 Å². The zero-order valence-electron chi connectivity index (χ0n) is 10.2. The lowest BCUT2D eigenvalue weighted by Crippen LogP contribution is -2.19. The van der Waals surface area contributed by atoms with Gasteiger partial charge >= 0.3 is 0 Å². The fourth-order valence-corrected chi connectivity index (χ4v) is 2.07. The van der Waals surface area contributed by atoms with Crippen LogP contribution in [0, 0.1) is 0 Å². The Morgan fingerprint density at radius 2 is 2.05 bits per heavy atom. The van der Waals surface area contributed by atoms with Gasteiger partial charge in [-0.1, -0.05) is 23.2 Å². The number of rotatable bonds is 5. The summed E-state index contributed by atoms with van der Waals surface area (Å²) in [7, 11) is 0. The average Bonchev–Trinajstić information content (AvgIpc) is 3.10. The van der Waals surface area contributed by atoms with E-state index >= 15 is 0 Å². The standard InChI is InChI=1S/C13H13Cl2N3O/c14-10-4-1-8(7-11(10)15)13-18-17-12(19-13)5-6-16-9-2-3-9/h1,4,7,9,16H,2-3,5-6H2. The molecule has 1 aliphatic rings. The third kappa shape index (κ3) is 3.26. The number of benzene rings is 1. The largest absolute Gasteiger partial charge is 0.421 e. The van der Waals surface area contributed by atoms with E-state index in [0.29, 0.717) is 27.9 Å². The minimum absolute atomic E-state index is 0.472. The number of nitrogens with zero attached hydrogens (tertiary/aromatic N) is 2. The van der Waals surface area contributed by atoms with Crippen molar-refractivity contribution in [2.24, 2.45) is 0 Å². The van der Waals surface area contributed by atoms with Gasteiger partial charge < -0.3 is 9.73 Å². The van der Waals surface area contributed by atoms with E-state index in [9.17, 15) is 0 Å². The zero-order chi connectivity index (χ0) is 13.2. The molecular weight excluding hydrogens is 285 g/mol. The van der Waals surface area contributed by atoms with Crippen molar-refractivity contribution >= 4 is 23.2 Å². The molecule has 0 aliphatic heterocycles. The Hall–Kier alpha value is -1.10. The van der Waals surface area contributed by atoms with Gasteiger partial charge in [0.2, 0.25) is 11.8 Å². The molecule has 19 heavy (non-hydrogen) atoms. The molecule has 100 valence electrons. The van der Waals surface area contributed by atoms with E-state index in [1.54, 1.807) is 12.1 Å². The summed E-state index contributed by atoms with van der Waals surface area (Å²) in [4.78, 5) is 0. The van der Waals surface area contributed by atoms with Crippen molar-refractivity contribution in [3.05, 3.63) is 34.1 Å². The molecule has 0 saturated heterocycles. The van der Waals surface area contributed by atoms with Crippen LogP contribution in [0.3, 0.4) is 0 Å². The molecule has 1 heterocycles. The first-order valence-electron chi connectivity index (χ1n) is 6.23. The number of nitrogens with one attached hydrogen (secondary N) is 1. The third-order valence-corrected chi connectivity index (χ3v) is 3.72. The first-order valence-corrected chi connectivity index (χ1v) is 6.99. The highest BCUT2D eigenvalue weighted by molar-refractivity contribution is 6.42. The second-order valence-electron chi connectivity index (χ2n) is 4.61. The van der Waals surface area contributed by atoms with Crippen molar-refractivity contribution in [3.8, 4) is 11.5 Å². The summed E-state index contributed by atoms with van der Waals surface area (Å²) < 4.78 is 5.60. The Balaban J connectivity index is 1.67. The van der Waals surface area contributed by atoms with Gasteiger partial charge in [-0.15, -0.1) is 10.2 Å². The molecule has 0 unspecified atom stereocenters. The normalized spacial score (nSPS) is 14.8. The van der Waals surface area contributed by atoms with Crippen molar-refractivity contribution < 1.29 is 4.42 Å². The Morgan fingerprint density at radius 3 is 2.79 bits per heavy atom. The van der Waals surface area contributed by atoms with Gasteiger partial charge in [-0.05, 0) is 31.0 Å². The van der Waals surface area contributed by atoms with Crippen molar-refractivity contribution in [1.82, 2.24) is 15.5 Å². The Morgan fingerprint density at radius 1 is 1.21 bits per heavy atom. The highest BCUT2D eigenvalue weighted by atomic mass is 35.5. The molecule has 0 spiro atoms. The summed E-state index contributed by atoms with van der Waals surface area (Å²) in [6.07, 6.45) is 3.29. The minimum atomic E-state index is 0.472. The number of halogens is 2. The van der Waals surface area contributed by atoms with Gasteiger partial charge in [-0.3, -0.25) is 0 Å². The maximum Gasteiger partial charge on any atom is 0.247 e. The second-order valence-corrected chi connectivity index (χ2v) is 5.42. The van der Waals surface area contributed by atoms with E-state index in [1.165, 1.54) is 12.8 Å². The molecule has 1 aliphatic carbocycles. The maximum absolute atomic E-state index is 5.96. The molecule has 0 bridgehead atoms. The van der Waals surface area contributed by atoms with Crippen LogP contribution in [-0.4, -0.2) is 22.8 Å². The number of hydrogen-bond donors (Lipinski definition) is 1. The van der Waals surface area contributed by atoms with E-state index in [4.69, 9.17) is 27.6 Å². The van der Waals surface area contributed by atoms with Crippen LogP contribution in [0.1, 0.15) is 18.7 Å². The summed E-state index contributed by atoms with van der Waals surface area (Å²) in [6, 6.07) is 5.95. The molecule has 1 aromatic carbocycles. The lowest BCUT2D eigenvalue weighted by molar-refractivity contribution is 0.494. The smallest absolute Gasteiger partial charge is 0.247 e. The first-order chi connectivity index (χ1) is 9.22. The van der Waals surface area contributed by atoms with Gasteiger partial charge in [0, 0.05) is 24.6 Å². The Bertz CT molecular complexity index is 581. The Labute approximate surface area is 121 Å². The van der Waals surface area contributed by atoms with Crippen LogP contribution in [0.5, 0.6) is 0 Å². The zero-order valence-corrected chi connectivity index (χ0v) is 11.7. The summed E-state index contributed by atoms with van der Waals surface area (Å²) in [6.45, 7) is 0.869. The van der Waals surface area contributed by atoms with Gasteiger partial charge in [0.15, 0.2) is 0 Å². The topological polar surface area (TPSA) is 51.0 Å². The lowest BCUT2D eigenvalue weighted by Gasteiger charge is -1.99. The van der Waals surface area contributed by atoms with Crippen molar-refractivity contribution in [2.45, 2.75) is 25.3 Å². The van der Waals surface area contributed by atoms with Crippen LogP contribution in [0.2, 0.25) is 10.0 Å². The molecule has 0 atom stereocenters. The summed E-state index contributed by atoms with van der Waals surface area (Å²) in [5.41, 5.74) is 0.781. The minimum Gasteiger partial charge on any atom is -0.421 e. The molecule has 1 saturated carbocycles. The van der Waals surface area contributed by atoms with Crippen LogP contribution in [-0.2, 0) is 6.42 Å². The summed E-state index contributed by atoms with van der Waals surface area (Å²) in [5, 5.41) is 12.5. The monoisotopic (exact) mass is 297 g/mol. The highest BCUT2D eigenvalue weighted by Gasteiger charge is 2.20. The third-order valence-electron chi connectivity index (χ3n) is 2.98. The quantitative estimate of drug-likeness (QED) is 0.920. The van der Waals surface area contributed by atoms with Gasteiger partial charge in [-0.25, -0.2) is 0 Å².